The van der Waals surface area contributed by atoms with Crippen LogP contribution in [-0.2, 0) is 25.6 Å². The SMILES string of the molecule is CSCC[C@H](NC(=O)[C@@H](N)CCC(=O)O)C(=O)N[C@@H](Cc1cnc[nH]1)C(=O)O. The molecule has 11 nitrogen and oxygen atoms in total. The smallest absolute Gasteiger partial charge is 0.326 e. The lowest BCUT2D eigenvalue weighted by atomic mass is 10.1. The van der Waals surface area contributed by atoms with E-state index < -0.39 is 41.9 Å². The fraction of sp³-hybridized carbons (Fsp3) is 0.562. The summed E-state index contributed by atoms with van der Waals surface area (Å²) in [5.74, 6) is -3.08. The van der Waals surface area contributed by atoms with Crippen molar-refractivity contribution in [3.8, 4) is 0 Å². The molecule has 3 atom stereocenters. The normalized spacial score (nSPS) is 13.9. The van der Waals surface area contributed by atoms with Crippen molar-refractivity contribution in [2.24, 2.45) is 5.73 Å². The van der Waals surface area contributed by atoms with Crippen LogP contribution in [0, 0.1) is 0 Å². The number of hydrogen-bond donors (Lipinski definition) is 6. The van der Waals surface area contributed by atoms with E-state index in [0.29, 0.717) is 11.4 Å². The Morgan fingerprint density at radius 1 is 1.18 bits per heavy atom. The third kappa shape index (κ3) is 8.39. The monoisotopic (exact) mass is 415 g/mol. The van der Waals surface area contributed by atoms with Crippen LogP contribution in [0.2, 0.25) is 0 Å². The Morgan fingerprint density at radius 3 is 2.39 bits per heavy atom. The molecule has 1 heterocycles. The van der Waals surface area contributed by atoms with Gasteiger partial charge in [0.2, 0.25) is 11.8 Å². The molecule has 0 bridgehead atoms. The number of carbonyl (C=O) groups excluding carboxylic acids is 2. The van der Waals surface area contributed by atoms with Crippen molar-refractivity contribution >= 4 is 35.5 Å². The van der Waals surface area contributed by atoms with Gasteiger partial charge in [-0.2, -0.15) is 11.8 Å². The molecule has 1 aromatic rings. The summed E-state index contributed by atoms with van der Waals surface area (Å²) in [4.78, 5) is 53.3. The summed E-state index contributed by atoms with van der Waals surface area (Å²) in [6.07, 6.45) is 4.60. The van der Waals surface area contributed by atoms with E-state index in [1.807, 2.05) is 6.26 Å². The van der Waals surface area contributed by atoms with E-state index in [4.69, 9.17) is 10.8 Å². The number of amides is 2. The predicted octanol–water partition coefficient (Wildman–Crippen LogP) is -1.05. The lowest BCUT2D eigenvalue weighted by Gasteiger charge is -2.22. The van der Waals surface area contributed by atoms with Crippen LogP contribution in [0.3, 0.4) is 0 Å². The summed E-state index contributed by atoms with van der Waals surface area (Å²) in [6.45, 7) is 0. The van der Waals surface area contributed by atoms with Crippen LogP contribution in [0.25, 0.3) is 0 Å². The van der Waals surface area contributed by atoms with Crippen LogP contribution >= 0.6 is 11.8 Å². The molecule has 1 rings (SSSR count). The number of nitrogens with two attached hydrogens (primary N) is 1. The Labute approximate surface area is 165 Å². The molecule has 0 radical (unpaired) electrons. The van der Waals surface area contributed by atoms with Crippen LogP contribution in [-0.4, -0.2) is 74.1 Å². The second-order valence-electron chi connectivity index (χ2n) is 6.06. The van der Waals surface area contributed by atoms with Crippen LogP contribution in [0.1, 0.15) is 25.0 Å². The highest BCUT2D eigenvalue weighted by Gasteiger charge is 2.28. The molecule has 0 saturated carbocycles. The Hall–Kier alpha value is -2.60. The molecule has 0 aliphatic carbocycles. The molecule has 0 spiro atoms. The van der Waals surface area contributed by atoms with Gasteiger partial charge in [0.05, 0.1) is 12.4 Å². The molecule has 0 aliphatic rings. The molecule has 28 heavy (non-hydrogen) atoms. The van der Waals surface area contributed by atoms with E-state index in [9.17, 15) is 24.3 Å². The number of nitrogens with zero attached hydrogens (tertiary/aromatic N) is 1. The number of carboxylic acid groups (broad SMARTS) is 2. The van der Waals surface area contributed by atoms with E-state index >= 15 is 0 Å². The first-order valence-electron chi connectivity index (χ1n) is 8.51. The first-order chi connectivity index (χ1) is 13.2. The average Bonchev–Trinajstić information content (AvgIpc) is 3.15. The van der Waals surface area contributed by atoms with Crippen LogP contribution in [0.15, 0.2) is 12.5 Å². The van der Waals surface area contributed by atoms with Gasteiger partial charge in [-0.05, 0) is 24.9 Å². The van der Waals surface area contributed by atoms with Crippen molar-refractivity contribution in [1.29, 1.82) is 0 Å². The lowest BCUT2D eigenvalue weighted by molar-refractivity contribution is -0.142. The van der Waals surface area contributed by atoms with Gasteiger partial charge in [0, 0.05) is 24.7 Å². The third-order valence-electron chi connectivity index (χ3n) is 3.84. The van der Waals surface area contributed by atoms with Gasteiger partial charge in [0.25, 0.3) is 0 Å². The van der Waals surface area contributed by atoms with E-state index in [0.717, 1.165) is 0 Å². The molecule has 156 valence electrons. The second-order valence-corrected chi connectivity index (χ2v) is 7.05. The van der Waals surface area contributed by atoms with Gasteiger partial charge in [0.15, 0.2) is 0 Å². The number of H-pyrrole nitrogens is 1. The summed E-state index contributed by atoms with van der Waals surface area (Å²) >= 11 is 1.46. The molecule has 0 aromatic carbocycles. The number of carboxylic acids is 2. The number of imidazole rings is 1. The van der Waals surface area contributed by atoms with Crippen molar-refractivity contribution in [3.05, 3.63) is 18.2 Å². The van der Waals surface area contributed by atoms with E-state index in [1.165, 1.54) is 24.3 Å². The van der Waals surface area contributed by atoms with Crippen molar-refractivity contribution in [3.63, 3.8) is 0 Å². The molecule has 12 heteroatoms. The highest BCUT2D eigenvalue weighted by atomic mass is 32.2. The summed E-state index contributed by atoms with van der Waals surface area (Å²) < 4.78 is 0. The van der Waals surface area contributed by atoms with Gasteiger partial charge in [-0.15, -0.1) is 0 Å². The van der Waals surface area contributed by atoms with Crippen LogP contribution in [0.5, 0.6) is 0 Å². The van der Waals surface area contributed by atoms with Crippen molar-refractivity contribution in [2.75, 3.05) is 12.0 Å². The molecule has 0 aliphatic heterocycles. The molecule has 0 unspecified atom stereocenters. The minimum Gasteiger partial charge on any atom is -0.481 e. The van der Waals surface area contributed by atoms with Gasteiger partial charge in [-0.1, -0.05) is 0 Å². The zero-order valence-electron chi connectivity index (χ0n) is 15.4. The molecule has 2 amide bonds. The minimum atomic E-state index is -1.23. The Kier molecular flexibility index (Phi) is 10.0. The fourth-order valence-electron chi connectivity index (χ4n) is 2.28. The van der Waals surface area contributed by atoms with Crippen LogP contribution < -0.4 is 16.4 Å². The third-order valence-corrected chi connectivity index (χ3v) is 4.49. The minimum absolute atomic E-state index is 0.00237. The Balaban J connectivity index is 2.74. The molecule has 0 saturated heterocycles. The molecule has 1 aromatic heterocycles. The van der Waals surface area contributed by atoms with Gasteiger partial charge in [0.1, 0.15) is 12.1 Å². The predicted molar refractivity (Wildman–Crippen MR) is 102 cm³/mol. The maximum Gasteiger partial charge on any atom is 0.326 e. The quantitative estimate of drug-likeness (QED) is 0.234. The topological polar surface area (TPSA) is 188 Å². The Bertz CT molecular complexity index is 668. The Morgan fingerprint density at radius 2 is 1.86 bits per heavy atom. The molecule has 0 fully saturated rings. The standard InChI is InChI=1S/C16H25N5O6S/c1-28-5-4-11(20-14(24)10(17)2-3-13(22)23)15(25)21-12(16(26)27)6-9-7-18-8-19-9/h7-8,10-12H,2-6,17H2,1H3,(H,18,19)(H,20,24)(H,21,25)(H,22,23)(H,26,27)/t10-,11-,12-/m0/s1. The fourth-order valence-corrected chi connectivity index (χ4v) is 2.75. The van der Waals surface area contributed by atoms with Gasteiger partial charge in [-0.3, -0.25) is 14.4 Å². The van der Waals surface area contributed by atoms with Gasteiger partial charge in [-0.25, -0.2) is 9.78 Å². The summed E-state index contributed by atoms with van der Waals surface area (Å²) in [7, 11) is 0. The van der Waals surface area contributed by atoms with Crippen LogP contribution in [0.4, 0.5) is 0 Å². The first kappa shape index (κ1) is 23.4. The molecule has 7 N–H and O–H groups in total. The first-order valence-corrected chi connectivity index (χ1v) is 9.91. The maximum atomic E-state index is 12.6. The summed E-state index contributed by atoms with van der Waals surface area (Å²) in [6, 6.07) is -3.28. The van der Waals surface area contributed by atoms with E-state index in [2.05, 4.69) is 20.6 Å². The number of aromatic amines is 1. The number of hydrogen-bond acceptors (Lipinski definition) is 7. The zero-order chi connectivity index (χ0) is 21.1. The maximum absolute atomic E-state index is 12.6. The van der Waals surface area contributed by atoms with Crippen molar-refractivity contribution in [1.82, 2.24) is 20.6 Å². The highest BCUT2D eigenvalue weighted by molar-refractivity contribution is 7.98. The lowest BCUT2D eigenvalue weighted by Crippen LogP contribution is -2.55. The van der Waals surface area contributed by atoms with Gasteiger partial charge < -0.3 is 31.6 Å². The van der Waals surface area contributed by atoms with Crippen molar-refractivity contribution < 1.29 is 29.4 Å². The number of aliphatic carboxylic acids is 2. The van der Waals surface area contributed by atoms with Crippen molar-refractivity contribution in [2.45, 2.75) is 43.8 Å². The highest BCUT2D eigenvalue weighted by Crippen LogP contribution is 2.05. The number of rotatable bonds is 13. The number of carbonyl (C=O) groups is 4. The largest absolute Gasteiger partial charge is 0.481 e. The second kappa shape index (κ2) is 12.0. The summed E-state index contributed by atoms with van der Waals surface area (Å²) in [5.41, 5.74) is 6.20. The average molecular weight is 415 g/mol. The molecular formula is C16H25N5O6S. The summed E-state index contributed by atoms with van der Waals surface area (Å²) in [5, 5.41) is 22.9. The number of thioether (sulfide) groups is 1. The number of nitrogens with one attached hydrogen (secondary N) is 3. The van der Waals surface area contributed by atoms with E-state index in [-0.39, 0.29) is 25.7 Å². The zero-order valence-corrected chi connectivity index (χ0v) is 16.2. The number of aromatic nitrogens is 2. The molecular weight excluding hydrogens is 390 g/mol. The van der Waals surface area contributed by atoms with E-state index in [1.54, 1.807) is 0 Å². The van der Waals surface area contributed by atoms with Gasteiger partial charge >= 0.3 is 11.9 Å².